The molecule has 1 saturated heterocycles. The number of nitrogens with zero attached hydrogens (tertiary/aromatic N) is 1. The second-order valence-electron chi connectivity index (χ2n) is 6.60. The van der Waals surface area contributed by atoms with Gasteiger partial charge in [-0.2, -0.15) is 0 Å². The molecule has 0 unspecified atom stereocenters. The highest BCUT2D eigenvalue weighted by Crippen LogP contribution is 2.37. The minimum Gasteiger partial charge on any atom is -0.497 e. The van der Waals surface area contributed by atoms with Crippen LogP contribution in [-0.4, -0.2) is 43.9 Å². The van der Waals surface area contributed by atoms with Crippen LogP contribution in [0.1, 0.15) is 12.5 Å². The Morgan fingerprint density at radius 2 is 1.79 bits per heavy atom. The Morgan fingerprint density at radius 1 is 1.07 bits per heavy atom. The Bertz CT molecular complexity index is 913. The van der Waals surface area contributed by atoms with Crippen molar-refractivity contribution in [1.29, 1.82) is 0 Å². The van der Waals surface area contributed by atoms with E-state index in [0.717, 1.165) is 10.6 Å². The number of fused-ring (bicyclic) bond motifs is 1. The summed E-state index contributed by atoms with van der Waals surface area (Å²) in [7, 11) is 1.59. The summed E-state index contributed by atoms with van der Waals surface area (Å²) >= 11 is 0. The number of benzene rings is 2. The van der Waals surface area contributed by atoms with Crippen LogP contribution in [0, 0.1) is 0 Å². The summed E-state index contributed by atoms with van der Waals surface area (Å²) in [6.07, 6.45) is 0. The molecule has 1 fully saturated rings. The lowest BCUT2D eigenvalue weighted by atomic mass is 9.91. The molecule has 2 heterocycles. The second kappa shape index (κ2) is 6.95. The van der Waals surface area contributed by atoms with Gasteiger partial charge in [0, 0.05) is 0 Å². The summed E-state index contributed by atoms with van der Waals surface area (Å²) < 4.78 is 21.4. The molecule has 28 heavy (non-hydrogen) atoms. The van der Waals surface area contributed by atoms with Gasteiger partial charge in [-0.15, -0.1) is 0 Å². The van der Waals surface area contributed by atoms with Gasteiger partial charge in [0.1, 0.15) is 23.6 Å². The lowest BCUT2D eigenvalue weighted by molar-refractivity contribution is -0.131. The first-order chi connectivity index (χ1) is 13.5. The van der Waals surface area contributed by atoms with Gasteiger partial charge >= 0.3 is 6.03 Å². The van der Waals surface area contributed by atoms with E-state index in [1.807, 2.05) is 0 Å². The standard InChI is InChI=1S/C20H20N2O6/c1-20(13-3-8-16-17(11-13)28-12-27-16)18(23)22(19(24)21-20)9-10-26-15-6-4-14(25-2)5-7-15/h3-8,11H,9-10,12H2,1-2H3,(H,21,24)/t20-/m0/s1. The molecular weight excluding hydrogens is 364 g/mol. The quantitative estimate of drug-likeness (QED) is 0.769. The summed E-state index contributed by atoms with van der Waals surface area (Å²) in [5.74, 6) is 2.19. The van der Waals surface area contributed by atoms with Crippen molar-refractivity contribution in [3.05, 3.63) is 48.0 Å². The minimum absolute atomic E-state index is 0.136. The van der Waals surface area contributed by atoms with E-state index in [2.05, 4.69) is 5.32 Å². The van der Waals surface area contributed by atoms with Crippen LogP contribution in [0.25, 0.3) is 0 Å². The molecular formula is C20H20N2O6. The highest BCUT2D eigenvalue weighted by atomic mass is 16.7. The molecule has 2 aromatic carbocycles. The van der Waals surface area contributed by atoms with Gasteiger partial charge < -0.3 is 24.3 Å². The van der Waals surface area contributed by atoms with Crippen molar-refractivity contribution in [2.75, 3.05) is 27.1 Å². The van der Waals surface area contributed by atoms with Gasteiger partial charge in [-0.05, 0) is 48.9 Å². The first kappa shape index (κ1) is 18.0. The summed E-state index contributed by atoms with van der Waals surface area (Å²) in [5, 5.41) is 2.77. The van der Waals surface area contributed by atoms with E-state index >= 15 is 0 Å². The van der Waals surface area contributed by atoms with Crippen LogP contribution in [0.15, 0.2) is 42.5 Å². The zero-order chi connectivity index (χ0) is 19.7. The third-order valence-corrected chi connectivity index (χ3v) is 4.87. The molecule has 2 aliphatic heterocycles. The summed E-state index contributed by atoms with van der Waals surface area (Å²) in [6.45, 7) is 2.14. The number of carbonyl (C=O) groups is 2. The van der Waals surface area contributed by atoms with Crippen LogP contribution >= 0.6 is 0 Å². The number of ether oxygens (including phenoxy) is 4. The van der Waals surface area contributed by atoms with Crippen molar-refractivity contribution in [3.63, 3.8) is 0 Å². The molecule has 0 radical (unpaired) electrons. The van der Waals surface area contributed by atoms with Crippen LogP contribution in [-0.2, 0) is 10.3 Å². The van der Waals surface area contributed by atoms with Gasteiger partial charge in [-0.1, -0.05) is 6.07 Å². The lowest BCUT2D eigenvalue weighted by Gasteiger charge is -2.22. The molecule has 8 nitrogen and oxygen atoms in total. The monoisotopic (exact) mass is 384 g/mol. The molecule has 4 rings (SSSR count). The number of methoxy groups -OCH3 is 1. The number of nitrogens with one attached hydrogen (secondary N) is 1. The van der Waals surface area contributed by atoms with Crippen molar-refractivity contribution >= 4 is 11.9 Å². The Morgan fingerprint density at radius 3 is 2.54 bits per heavy atom. The third kappa shape index (κ3) is 3.06. The zero-order valence-corrected chi connectivity index (χ0v) is 15.6. The van der Waals surface area contributed by atoms with Crippen molar-refractivity contribution in [2.24, 2.45) is 0 Å². The second-order valence-corrected chi connectivity index (χ2v) is 6.60. The number of hydrogen-bond donors (Lipinski definition) is 1. The van der Waals surface area contributed by atoms with E-state index in [9.17, 15) is 9.59 Å². The fourth-order valence-electron chi connectivity index (χ4n) is 3.23. The predicted octanol–water partition coefficient (Wildman–Crippen LogP) is 2.27. The van der Waals surface area contributed by atoms with E-state index in [-0.39, 0.29) is 25.9 Å². The van der Waals surface area contributed by atoms with Gasteiger partial charge in [0.05, 0.1) is 13.7 Å². The highest BCUT2D eigenvalue weighted by Gasteiger charge is 2.49. The highest BCUT2D eigenvalue weighted by molar-refractivity contribution is 6.07. The molecule has 3 amide bonds. The number of hydrogen-bond acceptors (Lipinski definition) is 6. The molecule has 2 aliphatic rings. The maximum Gasteiger partial charge on any atom is 0.325 e. The van der Waals surface area contributed by atoms with Crippen molar-refractivity contribution < 1.29 is 28.5 Å². The first-order valence-corrected chi connectivity index (χ1v) is 8.82. The fourth-order valence-corrected chi connectivity index (χ4v) is 3.23. The molecule has 0 spiro atoms. The Balaban J connectivity index is 1.43. The summed E-state index contributed by atoms with van der Waals surface area (Å²) in [6, 6.07) is 11.8. The van der Waals surface area contributed by atoms with Gasteiger partial charge in [-0.25, -0.2) is 4.79 Å². The largest absolute Gasteiger partial charge is 0.497 e. The molecule has 1 N–H and O–H groups in total. The summed E-state index contributed by atoms with van der Waals surface area (Å²) in [4.78, 5) is 26.5. The molecule has 2 aromatic rings. The number of carbonyl (C=O) groups excluding carboxylic acids is 2. The van der Waals surface area contributed by atoms with Crippen LogP contribution in [0.3, 0.4) is 0 Å². The zero-order valence-electron chi connectivity index (χ0n) is 15.6. The van der Waals surface area contributed by atoms with Gasteiger partial charge in [0.25, 0.3) is 5.91 Å². The molecule has 8 heteroatoms. The topological polar surface area (TPSA) is 86.3 Å². The molecule has 146 valence electrons. The smallest absolute Gasteiger partial charge is 0.325 e. The number of imide groups is 1. The van der Waals surface area contributed by atoms with E-state index < -0.39 is 11.6 Å². The Hall–Kier alpha value is -3.42. The van der Waals surface area contributed by atoms with E-state index in [0.29, 0.717) is 22.8 Å². The molecule has 0 aromatic heterocycles. The minimum atomic E-state index is -1.17. The van der Waals surface area contributed by atoms with Crippen LogP contribution in [0.2, 0.25) is 0 Å². The normalized spacial score (nSPS) is 20.3. The first-order valence-electron chi connectivity index (χ1n) is 8.82. The Kier molecular flexibility index (Phi) is 4.46. The molecule has 0 saturated carbocycles. The lowest BCUT2D eigenvalue weighted by Crippen LogP contribution is -2.41. The molecule has 1 atom stereocenters. The van der Waals surface area contributed by atoms with E-state index in [1.165, 1.54) is 0 Å². The van der Waals surface area contributed by atoms with Crippen molar-refractivity contribution in [3.8, 4) is 23.0 Å². The number of amides is 3. The fraction of sp³-hybridized carbons (Fsp3) is 0.300. The Labute approximate surface area is 161 Å². The average molecular weight is 384 g/mol. The SMILES string of the molecule is COc1ccc(OCCN2C(=O)N[C@@](C)(c3ccc4c(c3)OCO4)C2=O)cc1. The predicted molar refractivity (Wildman–Crippen MR) is 98.7 cm³/mol. The van der Waals surface area contributed by atoms with Gasteiger partial charge in [-0.3, -0.25) is 9.69 Å². The van der Waals surface area contributed by atoms with Crippen molar-refractivity contribution in [2.45, 2.75) is 12.5 Å². The van der Waals surface area contributed by atoms with Crippen LogP contribution in [0.4, 0.5) is 4.79 Å². The maximum absolute atomic E-state index is 13.0. The van der Waals surface area contributed by atoms with Crippen LogP contribution in [0.5, 0.6) is 23.0 Å². The number of rotatable bonds is 6. The van der Waals surface area contributed by atoms with E-state index in [4.69, 9.17) is 18.9 Å². The third-order valence-electron chi connectivity index (χ3n) is 4.87. The average Bonchev–Trinajstić information content (AvgIpc) is 3.26. The van der Waals surface area contributed by atoms with Crippen molar-refractivity contribution in [1.82, 2.24) is 10.2 Å². The molecule has 0 aliphatic carbocycles. The van der Waals surface area contributed by atoms with Crippen LogP contribution < -0.4 is 24.3 Å². The molecule has 0 bridgehead atoms. The van der Waals surface area contributed by atoms with E-state index in [1.54, 1.807) is 56.5 Å². The maximum atomic E-state index is 13.0. The summed E-state index contributed by atoms with van der Waals surface area (Å²) in [5.41, 5.74) is -0.535. The number of urea groups is 1. The van der Waals surface area contributed by atoms with Gasteiger partial charge in [0.15, 0.2) is 11.5 Å². The van der Waals surface area contributed by atoms with Gasteiger partial charge in [0.2, 0.25) is 6.79 Å².